The molecular formula is C33H32Cl2FN5O3. The minimum Gasteiger partial charge on any atom is -0.508 e. The molecule has 2 N–H and O–H groups in total. The summed E-state index contributed by atoms with van der Waals surface area (Å²) in [5.41, 5.74) is 1.64. The van der Waals surface area contributed by atoms with Crippen LogP contribution in [0.1, 0.15) is 32.1 Å². The summed E-state index contributed by atoms with van der Waals surface area (Å²) in [6, 6.07) is 11.9. The molecule has 0 spiro atoms. The molecule has 4 saturated heterocycles. The normalized spacial score (nSPS) is 29.1. The van der Waals surface area contributed by atoms with Gasteiger partial charge in [0, 0.05) is 47.6 Å². The molecule has 44 heavy (non-hydrogen) atoms. The van der Waals surface area contributed by atoms with Crippen molar-refractivity contribution in [3.05, 3.63) is 46.4 Å². The lowest BCUT2D eigenvalue weighted by Gasteiger charge is -2.40. The van der Waals surface area contributed by atoms with Gasteiger partial charge in [-0.2, -0.15) is 9.97 Å². The van der Waals surface area contributed by atoms with Crippen molar-refractivity contribution in [1.82, 2.24) is 20.2 Å². The maximum absolute atomic E-state index is 14.5. The van der Waals surface area contributed by atoms with E-state index in [9.17, 15) is 9.50 Å². The summed E-state index contributed by atoms with van der Waals surface area (Å²) in [6.45, 7) is 2.92. The first-order chi connectivity index (χ1) is 21.4. The largest absolute Gasteiger partial charge is 0.508 e. The summed E-state index contributed by atoms with van der Waals surface area (Å²) in [7, 11) is 0. The molecule has 8 nitrogen and oxygen atoms in total. The number of nitrogens with zero attached hydrogens (tertiary/aromatic N) is 4. The zero-order chi connectivity index (χ0) is 29.7. The number of aromatic hydroxyl groups is 1. The van der Waals surface area contributed by atoms with Crippen molar-refractivity contribution in [3.8, 4) is 28.6 Å². The van der Waals surface area contributed by atoms with Crippen molar-refractivity contribution < 1.29 is 19.0 Å². The van der Waals surface area contributed by atoms with Crippen LogP contribution < -0.4 is 19.7 Å². The number of ether oxygens (including phenoxy) is 2. The van der Waals surface area contributed by atoms with E-state index >= 15 is 0 Å². The average molecular weight is 637 g/mol. The van der Waals surface area contributed by atoms with Crippen LogP contribution in [0.15, 0.2) is 36.4 Å². The number of piperazine rings is 1. The van der Waals surface area contributed by atoms with Crippen LogP contribution in [0, 0.1) is 0 Å². The van der Waals surface area contributed by atoms with Crippen LogP contribution in [0.25, 0.3) is 32.8 Å². The van der Waals surface area contributed by atoms with Gasteiger partial charge in [0.2, 0.25) is 0 Å². The molecule has 11 heteroatoms. The molecule has 0 radical (unpaired) electrons. The number of benzene rings is 3. The molecular weight excluding hydrogens is 604 g/mol. The van der Waals surface area contributed by atoms with Gasteiger partial charge in [0.15, 0.2) is 5.75 Å². The van der Waals surface area contributed by atoms with Crippen LogP contribution in [0.4, 0.5) is 10.2 Å². The van der Waals surface area contributed by atoms with Gasteiger partial charge < -0.3 is 24.8 Å². The van der Waals surface area contributed by atoms with Crippen LogP contribution in [0.3, 0.4) is 0 Å². The van der Waals surface area contributed by atoms with Crippen LogP contribution in [0.2, 0.25) is 10.0 Å². The third-order valence-electron chi connectivity index (χ3n) is 10.5. The number of halogens is 3. The van der Waals surface area contributed by atoms with Gasteiger partial charge in [-0.05, 0) is 67.4 Å². The van der Waals surface area contributed by atoms with Crippen molar-refractivity contribution >= 4 is 50.7 Å². The lowest BCUT2D eigenvalue weighted by atomic mass is 9.95. The van der Waals surface area contributed by atoms with Gasteiger partial charge in [0.25, 0.3) is 0 Å². The zero-order valence-electron chi connectivity index (χ0n) is 24.0. The number of nitrogens with one attached hydrogen (secondary N) is 1. The summed E-state index contributed by atoms with van der Waals surface area (Å²) < 4.78 is 27.5. The highest BCUT2D eigenvalue weighted by molar-refractivity contribution is 6.39. The number of phenols is 1. The number of fused-ring (bicyclic) bond motifs is 7. The first-order valence-corrected chi connectivity index (χ1v) is 16.3. The van der Waals surface area contributed by atoms with Crippen LogP contribution in [0.5, 0.6) is 17.5 Å². The molecule has 3 aromatic carbocycles. The van der Waals surface area contributed by atoms with Gasteiger partial charge in [-0.15, -0.1) is 0 Å². The SMILES string of the molecule is Oc1cc(-c2cc3nc(OC[C@@]45CCCN4C[C@H](F)C5)nc4c3c(c2Cl)OCC2C3CCC(CN42)N3)c2c(Cl)cccc2c1. The Labute approximate surface area is 264 Å². The van der Waals surface area contributed by atoms with E-state index in [-0.39, 0.29) is 29.4 Å². The molecule has 3 unspecified atom stereocenters. The van der Waals surface area contributed by atoms with Crippen molar-refractivity contribution in [3.63, 3.8) is 0 Å². The molecule has 4 aromatic rings. The van der Waals surface area contributed by atoms with E-state index in [1.54, 1.807) is 12.1 Å². The summed E-state index contributed by atoms with van der Waals surface area (Å²) in [4.78, 5) is 14.5. The first-order valence-electron chi connectivity index (χ1n) is 15.5. The first kappa shape index (κ1) is 27.2. The fraction of sp³-hybridized carbons (Fsp3) is 0.455. The molecule has 0 aliphatic carbocycles. The Kier molecular flexibility index (Phi) is 6.15. The second-order valence-corrected chi connectivity index (χ2v) is 13.8. The number of hydrogen-bond donors (Lipinski definition) is 2. The Balaban J connectivity index is 1.23. The van der Waals surface area contributed by atoms with Crippen LogP contribution in [-0.2, 0) is 0 Å². The van der Waals surface area contributed by atoms with E-state index < -0.39 is 6.17 Å². The predicted octanol–water partition coefficient (Wildman–Crippen LogP) is 6.12. The number of alkyl halides is 1. The Morgan fingerprint density at radius 3 is 2.93 bits per heavy atom. The van der Waals surface area contributed by atoms with Crippen molar-refractivity contribution in [1.29, 1.82) is 0 Å². The predicted molar refractivity (Wildman–Crippen MR) is 169 cm³/mol. The minimum absolute atomic E-state index is 0.0636. The quantitative estimate of drug-likeness (QED) is 0.278. The lowest BCUT2D eigenvalue weighted by molar-refractivity contribution is 0.107. The maximum Gasteiger partial charge on any atom is 0.319 e. The van der Waals surface area contributed by atoms with E-state index in [1.807, 2.05) is 24.3 Å². The fourth-order valence-electron chi connectivity index (χ4n) is 8.54. The molecule has 2 bridgehead atoms. The monoisotopic (exact) mass is 635 g/mol. The number of anilines is 1. The highest BCUT2D eigenvalue weighted by Crippen LogP contribution is 2.50. The van der Waals surface area contributed by atoms with Crippen molar-refractivity contribution in [2.45, 2.75) is 61.9 Å². The molecule has 9 rings (SSSR count). The Morgan fingerprint density at radius 1 is 1.11 bits per heavy atom. The molecule has 228 valence electrons. The van der Waals surface area contributed by atoms with Gasteiger partial charge >= 0.3 is 6.01 Å². The Bertz CT molecular complexity index is 1840. The zero-order valence-corrected chi connectivity index (χ0v) is 25.5. The second-order valence-electron chi connectivity index (χ2n) is 13.1. The summed E-state index contributed by atoms with van der Waals surface area (Å²) in [5, 5.41) is 17.7. The smallest absolute Gasteiger partial charge is 0.319 e. The molecule has 6 heterocycles. The molecule has 5 aliphatic heterocycles. The fourth-order valence-corrected chi connectivity index (χ4v) is 9.12. The number of phenolic OH excluding ortho intramolecular Hbond substituents is 1. The van der Waals surface area contributed by atoms with Gasteiger partial charge in [0.1, 0.15) is 31.0 Å². The molecule has 0 saturated carbocycles. The second kappa shape index (κ2) is 9.94. The summed E-state index contributed by atoms with van der Waals surface area (Å²) in [5.74, 6) is 1.38. The van der Waals surface area contributed by atoms with Crippen LogP contribution in [-0.4, -0.2) is 82.7 Å². The lowest BCUT2D eigenvalue weighted by Crippen LogP contribution is -2.60. The minimum atomic E-state index is -0.841. The van der Waals surface area contributed by atoms with E-state index in [0.717, 1.165) is 60.7 Å². The van der Waals surface area contributed by atoms with Gasteiger partial charge in [0.05, 0.1) is 27.5 Å². The van der Waals surface area contributed by atoms with Gasteiger partial charge in [-0.25, -0.2) is 4.39 Å². The summed E-state index contributed by atoms with van der Waals surface area (Å²) in [6.07, 6.45) is 3.74. The van der Waals surface area contributed by atoms with E-state index in [4.69, 9.17) is 42.6 Å². The number of hydrogen-bond acceptors (Lipinski definition) is 8. The highest BCUT2D eigenvalue weighted by Gasteiger charge is 2.50. The highest BCUT2D eigenvalue weighted by atomic mass is 35.5. The van der Waals surface area contributed by atoms with Crippen LogP contribution >= 0.6 is 23.2 Å². The molecule has 1 aromatic heterocycles. The van der Waals surface area contributed by atoms with E-state index in [1.165, 1.54) is 0 Å². The Morgan fingerprint density at radius 2 is 2.02 bits per heavy atom. The molecule has 5 atom stereocenters. The third-order valence-corrected chi connectivity index (χ3v) is 11.2. The van der Waals surface area contributed by atoms with E-state index in [0.29, 0.717) is 64.7 Å². The van der Waals surface area contributed by atoms with Crippen molar-refractivity contribution in [2.75, 3.05) is 37.7 Å². The number of aromatic nitrogens is 2. The Hall–Kier alpha value is -3.11. The standard InChI is InChI=1S/C33H32Cl2FN5O3/c34-23-4-1-3-17-9-20(42)10-21(27(17)23)22-11-25-28-30(29(22)35)43-15-26-24-6-5-19(37-24)14-41(26)31(28)39-32(38-25)44-16-33-7-2-8-40(33)13-18(36)12-33/h1,3-4,9-11,18-19,24,26,37,42H,2,5-8,12-16H2/t18-,19?,24?,26?,33+/m1/s1. The van der Waals surface area contributed by atoms with E-state index in [2.05, 4.69) is 15.1 Å². The van der Waals surface area contributed by atoms with Gasteiger partial charge in [-0.1, -0.05) is 35.3 Å². The topological polar surface area (TPSA) is 83.0 Å². The maximum atomic E-state index is 14.5. The summed E-state index contributed by atoms with van der Waals surface area (Å²) >= 11 is 14.0. The molecule has 0 amide bonds. The van der Waals surface area contributed by atoms with Crippen molar-refractivity contribution in [2.24, 2.45) is 0 Å². The molecule has 5 aliphatic rings. The van der Waals surface area contributed by atoms with Gasteiger partial charge in [-0.3, -0.25) is 4.90 Å². The third kappa shape index (κ3) is 4.09. The molecule has 4 fully saturated rings. The average Bonchev–Trinajstić information content (AvgIpc) is 3.63. The number of rotatable bonds is 4.